The van der Waals surface area contributed by atoms with Crippen LogP contribution in [0.2, 0.25) is 0 Å². The Hall–Kier alpha value is -2.41. The number of carbonyl (C=O) groups is 1. The first-order valence-corrected chi connectivity index (χ1v) is 9.53. The third-order valence-electron chi connectivity index (χ3n) is 4.72. The first-order chi connectivity index (χ1) is 13.0. The van der Waals surface area contributed by atoms with E-state index in [4.69, 9.17) is 9.15 Å². The molecule has 2 aromatic rings. The van der Waals surface area contributed by atoms with E-state index in [0.29, 0.717) is 24.9 Å². The van der Waals surface area contributed by atoms with Gasteiger partial charge in [-0.15, -0.1) is 10.2 Å². The predicted octanol–water partition coefficient (Wildman–Crippen LogP) is 2.61. The molecule has 3 rings (SSSR count). The van der Waals surface area contributed by atoms with E-state index < -0.39 is 0 Å². The molecule has 0 atom stereocenters. The minimum Gasteiger partial charge on any atom is -0.484 e. The van der Waals surface area contributed by atoms with E-state index in [1.54, 1.807) is 0 Å². The number of rotatable bonds is 6. The first kappa shape index (κ1) is 19.4. The Morgan fingerprint density at radius 2 is 2.00 bits per heavy atom. The third-order valence-corrected chi connectivity index (χ3v) is 4.72. The number of hydrogen-bond acceptors (Lipinski definition) is 6. The Morgan fingerprint density at radius 1 is 1.19 bits per heavy atom. The number of ether oxygens (including phenoxy) is 1. The van der Waals surface area contributed by atoms with E-state index in [2.05, 4.69) is 15.1 Å². The number of aromatic nitrogens is 2. The second-order valence-electron chi connectivity index (χ2n) is 7.25. The summed E-state index contributed by atoms with van der Waals surface area (Å²) in [5.41, 5.74) is 1.03. The maximum atomic E-state index is 12.5. The van der Waals surface area contributed by atoms with Gasteiger partial charge in [0.1, 0.15) is 5.75 Å². The van der Waals surface area contributed by atoms with E-state index in [0.717, 1.165) is 37.4 Å². The van der Waals surface area contributed by atoms with Gasteiger partial charge in [-0.2, -0.15) is 0 Å². The van der Waals surface area contributed by atoms with Crippen molar-refractivity contribution in [1.29, 1.82) is 0 Å². The number of carbonyl (C=O) groups excluding carboxylic acids is 1. The van der Waals surface area contributed by atoms with Crippen molar-refractivity contribution in [2.45, 2.75) is 39.7 Å². The number of hydrogen-bond donors (Lipinski definition) is 0. The van der Waals surface area contributed by atoms with Crippen LogP contribution in [0.15, 0.2) is 28.7 Å². The quantitative estimate of drug-likeness (QED) is 0.776. The Morgan fingerprint density at radius 3 is 2.74 bits per heavy atom. The largest absolute Gasteiger partial charge is 0.484 e. The van der Waals surface area contributed by atoms with Crippen LogP contribution in [0.4, 0.5) is 0 Å². The molecule has 0 radical (unpaired) electrons. The molecule has 1 saturated heterocycles. The predicted molar refractivity (Wildman–Crippen MR) is 102 cm³/mol. The van der Waals surface area contributed by atoms with Crippen LogP contribution in [0.5, 0.6) is 5.75 Å². The molecule has 0 aliphatic carbocycles. The molecule has 1 aromatic heterocycles. The van der Waals surface area contributed by atoms with Crippen molar-refractivity contribution in [3.63, 3.8) is 0 Å². The van der Waals surface area contributed by atoms with Crippen LogP contribution in [-0.4, -0.2) is 58.7 Å². The maximum absolute atomic E-state index is 12.5. The van der Waals surface area contributed by atoms with Crippen molar-refractivity contribution < 1.29 is 13.9 Å². The highest BCUT2D eigenvalue weighted by Gasteiger charge is 2.21. The van der Waals surface area contributed by atoms with Gasteiger partial charge in [-0.1, -0.05) is 32.0 Å². The van der Waals surface area contributed by atoms with E-state index in [1.165, 1.54) is 0 Å². The van der Waals surface area contributed by atoms with Gasteiger partial charge in [-0.25, -0.2) is 0 Å². The van der Waals surface area contributed by atoms with Gasteiger partial charge in [-0.3, -0.25) is 9.69 Å². The normalized spacial score (nSPS) is 15.8. The molecule has 0 saturated carbocycles. The molecule has 0 spiro atoms. The lowest BCUT2D eigenvalue weighted by Gasteiger charge is -2.21. The van der Waals surface area contributed by atoms with Crippen LogP contribution < -0.4 is 4.74 Å². The number of aryl methyl sites for hydroxylation is 1. The summed E-state index contributed by atoms with van der Waals surface area (Å²) in [6, 6.07) is 7.74. The molecular weight excluding hydrogens is 344 g/mol. The SMILES string of the molecule is Cc1ccccc1OCC(=O)N1CCCN(Cc2nnc(C(C)C)o2)CC1. The molecule has 0 unspecified atom stereocenters. The van der Waals surface area contributed by atoms with Gasteiger partial charge in [0, 0.05) is 32.1 Å². The second-order valence-corrected chi connectivity index (χ2v) is 7.25. The topological polar surface area (TPSA) is 71.7 Å². The van der Waals surface area contributed by atoms with Crippen molar-refractivity contribution in [1.82, 2.24) is 20.0 Å². The molecule has 1 aromatic carbocycles. The minimum absolute atomic E-state index is 0.0278. The van der Waals surface area contributed by atoms with Crippen molar-refractivity contribution in [2.24, 2.45) is 0 Å². The molecule has 1 aliphatic heterocycles. The zero-order valence-corrected chi connectivity index (χ0v) is 16.4. The first-order valence-electron chi connectivity index (χ1n) is 9.53. The molecule has 0 bridgehead atoms. The van der Waals surface area contributed by atoms with Crippen LogP contribution in [0.1, 0.15) is 43.5 Å². The summed E-state index contributed by atoms with van der Waals surface area (Å²) in [6.45, 7) is 9.86. The number of nitrogens with zero attached hydrogens (tertiary/aromatic N) is 4. The van der Waals surface area contributed by atoms with Gasteiger partial charge >= 0.3 is 0 Å². The highest BCUT2D eigenvalue weighted by atomic mass is 16.5. The minimum atomic E-state index is 0.0278. The summed E-state index contributed by atoms with van der Waals surface area (Å²) in [5, 5.41) is 8.21. The lowest BCUT2D eigenvalue weighted by molar-refractivity contribution is -0.133. The number of amides is 1. The van der Waals surface area contributed by atoms with Crippen LogP contribution in [0.3, 0.4) is 0 Å². The highest BCUT2D eigenvalue weighted by Crippen LogP contribution is 2.17. The Bertz CT molecular complexity index is 759. The molecule has 1 aliphatic rings. The zero-order valence-electron chi connectivity index (χ0n) is 16.4. The van der Waals surface area contributed by atoms with Crippen molar-refractivity contribution in [2.75, 3.05) is 32.8 Å². The maximum Gasteiger partial charge on any atom is 0.260 e. The van der Waals surface area contributed by atoms with E-state index in [1.807, 2.05) is 49.9 Å². The summed E-state index contributed by atoms with van der Waals surface area (Å²) in [7, 11) is 0. The Labute approximate surface area is 160 Å². The summed E-state index contributed by atoms with van der Waals surface area (Å²) >= 11 is 0. The highest BCUT2D eigenvalue weighted by molar-refractivity contribution is 5.77. The Balaban J connectivity index is 1.48. The fourth-order valence-corrected chi connectivity index (χ4v) is 3.08. The van der Waals surface area contributed by atoms with Crippen molar-refractivity contribution in [3.8, 4) is 5.75 Å². The standard InChI is InChI=1S/C20H28N4O3/c1-15(2)20-22-21-18(27-20)13-23-9-6-10-24(12-11-23)19(25)14-26-17-8-5-4-7-16(17)3/h4-5,7-8,15H,6,9-14H2,1-3H3. The van der Waals surface area contributed by atoms with E-state index in [-0.39, 0.29) is 18.4 Å². The van der Waals surface area contributed by atoms with Gasteiger partial charge in [0.2, 0.25) is 11.8 Å². The van der Waals surface area contributed by atoms with Gasteiger partial charge in [-0.05, 0) is 25.0 Å². The number of para-hydroxylation sites is 1. The average Bonchev–Trinajstić information content (AvgIpc) is 2.99. The van der Waals surface area contributed by atoms with E-state index in [9.17, 15) is 4.79 Å². The lowest BCUT2D eigenvalue weighted by Crippen LogP contribution is -2.38. The molecule has 1 amide bonds. The molecule has 27 heavy (non-hydrogen) atoms. The van der Waals surface area contributed by atoms with Gasteiger partial charge in [0.25, 0.3) is 5.91 Å². The molecule has 146 valence electrons. The summed E-state index contributed by atoms with van der Waals surface area (Å²) < 4.78 is 11.4. The summed E-state index contributed by atoms with van der Waals surface area (Å²) in [4.78, 5) is 16.7. The zero-order chi connectivity index (χ0) is 19.2. The summed E-state index contributed by atoms with van der Waals surface area (Å²) in [6.07, 6.45) is 0.918. The molecule has 1 fully saturated rings. The van der Waals surface area contributed by atoms with Crippen LogP contribution in [-0.2, 0) is 11.3 Å². The molecule has 2 heterocycles. The fourth-order valence-electron chi connectivity index (χ4n) is 3.08. The van der Waals surface area contributed by atoms with E-state index >= 15 is 0 Å². The van der Waals surface area contributed by atoms with Crippen LogP contribution in [0, 0.1) is 6.92 Å². The third kappa shape index (κ3) is 5.29. The summed E-state index contributed by atoms with van der Waals surface area (Å²) in [5.74, 6) is 2.34. The fraction of sp³-hybridized carbons (Fsp3) is 0.550. The van der Waals surface area contributed by atoms with Crippen LogP contribution >= 0.6 is 0 Å². The van der Waals surface area contributed by atoms with Crippen molar-refractivity contribution in [3.05, 3.63) is 41.6 Å². The second kappa shape index (κ2) is 8.99. The monoisotopic (exact) mass is 372 g/mol. The molecule has 7 heteroatoms. The smallest absolute Gasteiger partial charge is 0.260 e. The van der Waals surface area contributed by atoms with Crippen LogP contribution in [0.25, 0.3) is 0 Å². The molecular formula is C20H28N4O3. The number of benzene rings is 1. The molecule has 0 N–H and O–H groups in total. The molecule has 7 nitrogen and oxygen atoms in total. The lowest BCUT2D eigenvalue weighted by atomic mass is 10.2. The van der Waals surface area contributed by atoms with Gasteiger partial charge in [0.15, 0.2) is 6.61 Å². The van der Waals surface area contributed by atoms with Crippen molar-refractivity contribution >= 4 is 5.91 Å². The average molecular weight is 372 g/mol. The van der Waals surface area contributed by atoms with Gasteiger partial charge in [0.05, 0.1) is 6.54 Å². The van der Waals surface area contributed by atoms with Gasteiger partial charge < -0.3 is 14.1 Å². The Kier molecular flexibility index (Phi) is 6.45.